The number of ether oxygens (including phenoxy) is 4. The molecule has 0 saturated carbocycles. The average Bonchev–Trinajstić information content (AvgIpc) is 3.37. The van der Waals surface area contributed by atoms with Crippen molar-refractivity contribution in [3.05, 3.63) is 66.2 Å². The number of rotatable bonds is 8. The summed E-state index contributed by atoms with van der Waals surface area (Å²) in [6.45, 7) is 4.68. The Balaban J connectivity index is 1.30. The van der Waals surface area contributed by atoms with Crippen molar-refractivity contribution in [2.45, 2.75) is 6.54 Å². The third kappa shape index (κ3) is 4.79. The molecule has 2 heterocycles. The predicted octanol–water partition coefficient (Wildman–Crippen LogP) is 5.46. The first-order chi connectivity index (χ1) is 17.6. The molecule has 3 aromatic carbocycles. The highest BCUT2D eigenvalue weighted by Crippen LogP contribution is 2.36. The molecule has 188 valence electrons. The number of piperazine rings is 1. The predicted molar refractivity (Wildman–Crippen MR) is 142 cm³/mol. The number of benzene rings is 3. The zero-order valence-corrected chi connectivity index (χ0v) is 21.2. The molecule has 1 saturated heterocycles. The van der Waals surface area contributed by atoms with Gasteiger partial charge in [0.15, 0.2) is 22.8 Å². The normalized spacial score (nSPS) is 14.2. The minimum Gasteiger partial charge on any atom is -0.497 e. The van der Waals surface area contributed by atoms with Crippen LogP contribution in [0.2, 0.25) is 0 Å². The SMILES string of the molecule is COc1cccc(-c2cc3cc(CN4CCN(c5ccc(OC)c(OC)c5)CC4)cc(OC)c3o2)c1. The minimum atomic E-state index is 0.748. The van der Waals surface area contributed by atoms with Gasteiger partial charge in [0, 0.05) is 55.4 Å². The van der Waals surface area contributed by atoms with Crippen molar-refractivity contribution in [2.24, 2.45) is 0 Å². The van der Waals surface area contributed by atoms with Crippen LogP contribution in [0.4, 0.5) is 5.69 Å². The molecular formula is C29H32N2O5. The van der Waals surface area contributed by atoms with Gasteiger partial charge in [-0.2, -0.15) is 0 Å². The molecule has 0 unspecified atom stereocenters. The first kappa shape index (κ1) is 23.9. The second-order valence-electron chi connectivity index (χ2n) is 8.86. The fourth-order valence-electron chi connectivity index (χ4n) is 4.79. The van der Waals surface area contributed by atoms with E-state index in [9.17, 15) is 0 Å². The summed E-state index contributed by atoms with van der Waals surface area (Å²) < 4.78 is 28.1. The molecule has 1 aliphatic heterocycles. The van der Waals surface area contributed by atoms with E-state index in [-0.39, 0.29) is 0 Å². The second kappa shape index (κ2) is 10.4. The van der Waals surface area contributed by atoms with Gasteiger partial charge in [-0.3, -0.25) is 4.90 Å². The van der Waals surface area contributed by atoms with Crippen LogP contribution in [0.5, 0.6) is 23.0 Å². The van der Waals surface area contributed by atoms with Crippen molar-refractivity contribution < 1.29 is 23.4 Å². The number of fused-ring (bicyclic) bond motifs is 1. The van der Waals surface area contributed by atoms with Gasteiger partial charge in [0.1, 0.15) is 11.5 Å². The van der Waals surface area contributed by atoms with Crippen LogP contribution in [0.1, 0.15) is 5.56 Å². The van der Waals surface area contributed by atoms with E-state index in [0.29, 0.717) is 0 Å². The first-order valence-electron chi connectivity index (χ1n) is 12.1. The van der Waals surface area contributed by atoms with Crippen LogP contribution in [0.25, 0.3) is 22.3 Å². The Morgan fingerprint density at radius 2 is 1.50 bits per heavy atom. The largest absolute Gasteiger partial charge is 0.497 e. The van der Waals surface area contributed by atoms with E-state index in [4.69, 9.17) is 23.4 Å². The third-order valence-corrected chi connectivity index (χ3v) is 6.73. The zero-order chi connectivity index (χ0) is 25.1. The van der Waals surface area contributed by atoms with Crippen LogP contribution in [-0.2, 0) is 6.54 Å². The van der Waals surface area contributed by atoms with Crippen LogP contribution in [-0.4, -0.2) is 59.5 Å². The number of nitrogens with zero attached hydrogens (tertiary/aromatic N) is 2. The van der Waals surface area contributed by atoms with Gasteiger partial charge in [0.2, 0.25) is 0 Å². The maximum absolute atomic E-state index is 6.20. The molecule has 0 spiro atoms. The molecule has 1 aliphatic rings. The molecule has 0 aliphatic carbocycles. The second-order valence-corrected chi connectivity index (χ2v) is 8.86. The van der Waals surface area contributed by atoms with Crippen molar-refractivity contribution >= 4 is 16.7 Å². The molecule has 1 aromatic heterocycles. The summed E-state index contributed by atoms with van der Waals surface area (Å²) >= 11 is 0. The van der Waals surface area contributed by atoms with E-state index in [1.807, 2.05) is 36.4 Å². The molecule has 1 fully saturated rings. The number of hydrogen-bond acceptors (Lipinski definition) is 7. The maximum Gasteiger partial charge on any atom is 0.176 e. The van der Waals surface area contributed by atoms with Crippen LogP contribution >= 0.6 is 0 Å². The van der Waals surface area contributed by atoms with Gasteiger partial charge in [0.05, 0.1) is 28.4 Å². The number of methoxy groups -OCH3 is 4. The lowest BCUT2D eigenvalue weighted by Gasteiger charge is -2.36. The molecule has 0 N–H and O–H groups in total. The molecular weight excluding hydrogens is 456 g/mol. The van der Waals surface area contributed by atoms with Crippen LogP contribution < -0.4 is 23.8 Å². The highest BCUT2D eigenvalue weighted by Gasteiger charge is 2.20. The molecule has 0 amide bonds. The molecule has 36 heavy (non-hydrogen) atoms. The minimum absolute atomic E-state index is 0.748. The number of hydrogen-bond donors (Lipinski definition) is 0. The molecule has 5 rings (SSSR count). The smallest absolute Gasteiger partial charge is 0.176 e. The van der Waals surface area contributed by atoms with Gasteiger partial charge in [0.25, 0.3) is 0 Å². The Hall–Kier alpha value is -3.84. The lowest BCUT2D eigenvalue weighted by Crippen LogP contribution is -2.45. The van der Waals surface area contributed by atoms with Crippen molar-refractivity contribution in [3.63, 3.8) is 0 Å². The summed E-state index contributed by atoms with van der Waals surface area (Å²) in [4.78, 5) is 4.86. The van der Waals surface area contributed by atoms with Crippen LogP contribution in [0.15, 0.2) is 65.1 Å². The van der Waals surface area contributed by atoms with Crippen LogP contribution in [0, 0.1) is 0 Å². The van der Waals surface area contributed by atoms with Crippen molar-refractivity contribution in [2.75, 3.05) is 59.5 Å². The first-order valence-corrected chi connectivity index (χ1v) is 12.1. The molecule has 0 atom stereocenters. The summed E-state index contributed by atoms with van der Waals surface area (Å²) in [6.07, 6.45) is 0. The summed E-state index contributed by atoms with van der Waals surface area (Å²) in [5, 5.41) is 1.03. The van der Waals surface area contributed by atoms with Crippen LogP contribution in [0.3, 0.4) is 0 Å². The van der Waals surface area contributed by atoms with Gasteiger partial charge >= 0.3 is 0 Å². The van der Waals surface area contributed by atoms with E-state index in [2.05, 4.69) is 34.1 Å². The van der Waals surface area contributed by atoms with Crippen molar-refractivity contribution in [1.29, 1.82) is 0 Å². The van der Waals surface area contributed by atoms with E-state index in [1.54, 1.807) is 28.4 Å². The monoisotopic (exact) mass is 488 g/mol. The maximum atomic E-state index is 6.20. The van der Waals surface area contributed by atoms with E-state index >= 15 is 0 Å². The lowest BCUT2D eigenvalue weighted by molar-refractivity contribution is 0.249. The van der Waals surface area contributed by atoms with Gasteiger partial charge in [-0.05, 0) is 48.0 Å². The van der Waals surface area contributed by atoms with Gasteiger partial charge < -0.3 is 28.3 Å². The van der Waals surface area contributed by atoms with Gasteiger partial charge in [-0.1, -0.05) is 12.1 Å². The highest BCUT2D eigenvalue weighted by molar-refractivity contribution is 5.88. The van der Waals surface area contributed by atoms with Gasteiger partial charge in [-0.25, -0.2) is 0 Å². The molecule has 0 radical (unpaired) electrons. The lowest BCUT2D eigenvalue weighted by atomic mass is 10.1. The van der Waals surface area contributed by atoms with Crippen molar-refractivity contribution in [1.82, 2.24) is 4.90 Å². The Kier molecular flexibility index (Phi) is 6.91. The van der Waals surface area contributed by atoms with E-state index < -0.39 is 0 Å². The molecule has 0 bridgehead atoms. The van der Waals surface area contributed by atoms with E-state index in [1.165, 1.54) is 5.56 Å². The topological polar surface area (TPSA) is 56.5 Å². The Bertz CT molecular complexity index is 1340. The Morgan fingerprint density at radius 1 is 0.722 bits per heavy atom. The van der Waals surface area contributed by atoms with E-state index in [0.717, 1.165) is 83.7 Å². The summed E-state index contributed by atoms with van der Waals surface area (Å²) in [6, 6.07) is 20.3. The Morgan fingerprint density at radius 3 is 2.22 bits per heavy atom. The molecule has 7 nitrogen and oxygen atoms in total. The molecule has 7 heteroatoms. The van der Waals surface area contributed by atoms with Gasteiger partial charge in [-0.15, -0.1) is 0 Å². The summed E-state index contributed by atoms with van der Waals surface area (Å²) in [5.41, 5.74) is 4.09. The Labute approximate surface area is 211 Å². The average molecular weight is 489 g/mol. The number of anilines is 1. The quantitative estimate of drug-likeness (QED) is 0.327. The summed E-state index contributed by atoms with van der Waals surface area (Å²) in [7, 11) is 6.69. The standard InChI is InChI=1S/C29H32N2O5/c1-32-24-7-5-6-21(16-24)26-17-22-14-20(15-28(35-4)29(22)36-26)19-30-10-12-31(13-11-30)23-8-9-25(33-2)27(18-23)34-3/h5-9,14-18H,10-13,19H2,1-4H3. The van der Waals surface area contributed by atoms with Crippen molar-refractivity contribution in [3.8, 4) is 34.3 Å². The molecule has 4 aromatic rings. The fourth-order valence-corrected chi connectivity index (χ4v) is 4.79. The number of furan rings is 1. The highest BCUT2D eigenvalue weighted by atomic mass is 16.5. The zero-order valence-electron chi connectivity index (χ0n) is 21.2. The summed E-state index contributed by atoms with van der Waals surface area (Å²) in [5.74, 6) is 3.85. The third-order valence-electron chi connectivity index (χ3n) is 6.73. The fraction of sp³-hybridized carbons (Fsp3) is 0.310.